The van der Waals surface area contributed by atoms with Crippen molar-refractivity contribution in [2.45, 2.75) is 25.8 Å². The number of pyridine rings is 2. The van der Waals surface area contributed by atoms with E-state index in [4.69, 9.17) is 26.5 Å². The molecule has 0 aliphatic heterocycles. The molecule has 0 radical (unpaired) electrons. The molecule has 37 heavy (non-hydrogen) atoms. The van der Waals surface area contributed by atoms with Gasteiger partial charge in [-0.2, -0.15) is 0 Å². The minimum atomic E-state index is 0.00321. The van der Waals surface area contributed by atoms with E-state index in [9.17, 15) is 0 Å². The normalized spacial score (nSPS) is 12.1. The lowest BCUT2D eigenvalue weighted by atomic mass is 10.0. The predicted octanol–water partition coefficient (Wildman–Crippen LogP) is 4.94. The van der Waals surface area contributed by atoms with Crippen LogP contribution < -0.4 is 16.8 Å². The van der Waals surface area contributed by atoms with Crippen LogP contribution in [-0.2, 0) is 0 Å². The molecule has 3 aromatic heterocycles. The largest absolute Gasteiger partial charge is 0.395 e. The molecule has 1 unspecified atom stereocenters. The van der Waals surface area contributed by atoms with E-state index in [1.807, 2.05) is 53.1 Å². The Morgan fingerprint density at radius 2 is 1.84 bits per heavy atom. The second-order valence-corrected chi connectivity index (χ2v) is 8.96. The number of nitrogens with zero attached hydrogens (tertiary/aromatic N) is 4. The lowest BCUT2D eigenvalue weighted by Crippen LogP contribution is -2.10. The van der Waals surface area contributed by atoms with Crippen LogP contribution in [-0.4, -0.2) is 37.8 Å². The third-order valence-electron chi connectivity index (χ3n) is 6.36. The molecule has 1 atom stereocenters. The van der Waals surface area contributed by atoms with Crippen molar-refractivity contribution in [1.29, 1.82) is 0 Å². The van der Waals surface area contributed by atoms with E-state index < -0.39 is 0 Å². The molecule has 8 nitrogen and oxygen atoms in total. The number of nitrogens with one attached hydrogen (secondary N) is 1. The van der Waals surface area contributed by atoms with Gasteiger partial charge < -0.3 is 21.9 Å². The van der Waals surface area contributed by atoms with E-state index in [1.165, 1.54) is 0 Å². The van der Waals surface area contributed by atoms with Crippen LogP contribution in [0.1, 0.15) is 31.4 Å². The number of nitrogen functional groups attached to an aromatic ring is 1. The first-order chi connectivity index (χ1) is 18.1. The minimum absolute atomic E-state index is 0.00321. The molecule has 5 aromatic rings. The van der Waals surface area contributed by atoms with Gasteiger partial charge in [-0.15, -0.1) is 0 Å². The van der Waals surface area contributed by atoms with Crippen LogP contribution in [0.25, 0.3) is 39.5 Å². The van der Waals surface area contributed by atoms with E-state index in [0.717, 1.165) is 57.8 Å². The van der Waals surface area contributed by atoms with Crippen molar-refractivity contribution in [3.8, 4) is 28.3 Å². The summed E-state index contributed by atoms with van der Waals surface area (Å²) in [5.41, 5.74) is 19.5. The monoisotopic (exact) mass is 493 g/mol. The Morgan fingerprint density at radius 3 is 2.59 bits per heavy atom. The number of aliphatic hydroxyl groups excluding tert-OH is 1. The van der Waals surface area contributed by atoms with Crippen molar-refractivity contribution in [3.05, 3.63) is 84.6 Å². The number of fused-ring (bicyclic) bond motifs is 1. The molecule has 0 spiro atoms. The highest BCUT2D eigenvalue weighted by Crippen LogP contribution is 2.32. The maximum Gasteiger partial charge on any atom is 0.165 e. The Hall–Kier alpha value is -4.27. The van der Waals surface area contributed by atoms with Crippen LogP contribution in [0, 0.1) is 0 Å². The van der Waals surface area contributed by atoms with Crippen LogP contribution in [0.5, 0.6) is 0 Å². The highest BCUT2D eigenvalue weighted by Gasteiger charge is 2.19. The van der Waals surface area contributed by atoms with Crippen molar-refractivity contribution >= 4 is 22.7 Å². The number of benzene rings is 2. The Bertz CT molecular complexity index is 1510. The first kappa shape index (κ1) is 24.4. The zero-order valence-corrected chi connectivity index (χ0v) is 20.8. The highest BCUT2D eigenvalue weighted by atomic mass is 16.3. The quantitative estimate of drug-likeness (QED) is 0.229. The SMILES string of the molecule is CCCC(N)c1ccc(-n2c(-c3cccnc3N)nc3ccc(-c4cccc(NCCO)c4)nc32)cc1. The second kappa shape index (κ2) is 10.8. The fraction of sp³-hybridized carbons (Fsp3) is 0.207. The van der Waals surface area contributed by atoms with Gasteiger partial charge in [0.15, 0.2) is 11.5 Å². The summed E-state index contributed by atoms with van der Waals surface area (Å²) in [5, 5.41) is 12.4. The van der Waals surface area contributed by atoms with E-state index in [0.29, 0.717) is 18.2 Å². The molecule has 0 aliphatic carbocycles. The summed E-state index contributed by atoms with van der Waals surface area (Å²) in [6.07, 6.45) is 3.63. The Labute approximate surface area is 216 Å². The maximum atomic E-state index is 9.16. The predicted molar refractivity (Wildman–Crippen MR) is 149 cm³/mol. The average Bonchev–Trinajstić information content (AvgIpc) is 3.31. The molecule has 0 saturated carbocycles. The van der Waals surface area contributed by atoms with Crippen LogP contribution >= 0.6 is 0 Å². The van der Waals surface area contributed by atoms with Crippen molar-refractivity contribution in [2.24, 2.45) is 5.73 Å². The molecular formula is C29H31N7O. The summed E-state index contributed by atoms with van der Waals surface area (Å²) in [6, 6.07) is 23.9. The zero-order valence-electron chi connectivity index (χ0n) is 20.8. The Morgan fingerprint density at radius 1 is 1.00 bits per heavy atom. The van der Waals surface area contributed by atoms with Crippen LogP contribution in [0.2, 0.25) is 0 Å². The molecule has 8 heteroatoms. The van der Waals surface area contributed by atoms with Crippen molar-refractivity contribution in [2.75, 3.05) is 24.2 Å². The molecule has 0 aliphatic rings. The summed E-state index contributed by atoms with van der Waals surface area (Å²) >= 11 is 0. The number of aliphatic hydroxyl groups is 1. The molecule has 0 amide bonds. The van der Waals surface area contributed by atoms with Crippen molar-refractivity contribution < 1.29 is 5.11 Å². The summed E-state index contributed by atoms with van der Waals surface area (Å²) < 4.78 is 2.02. The first-order valence-electron chi connectivity index (χ1n) is 12.5. The fourth-order valence-electron chi connectivity index (χ4n) is 4.49. The lowest BCUT2D eigenvalue weighted by molar-refractivity contribution is 0.311. The van der Waals surface area contributed by atoms with Crippen LogP contribution in [0.3, 0.4) is 0 Å². The molecular weight excluding hydrogens is 462 g/mol. The summed E-state index contributed by atoms with van der Waals surface area (Å²) in [7, 11) is 0. The molecule has 6 N–H and O–H groups in total. The molecule has 0 saturated heterocycles. The third kappa shape index (κ3) is 5.02. The van der Waals surface area contributed by atoms with Gasteiger partial charge in [0.25, 0.3) is 0 Å². The molecule has 2 aromatic carbocycles. The van der Waals surface area contributed by atoms with Gasteiger partial charge in [0.2, 0.25) is 0 Å². The van der Waals surface area contributed by atoms with Gasteiger partial charge in [0.05, 0.1) is 17.9 Å². The summed E-state index contributed by atoms with van der Waals surface area (Å²) in [5.74, 6) is 1.08. The molecule has 3 heterocycles. The number of hydrogen-bond donors (Lipinski definition) is 4. The van der Waals surface area contributed by atoms with Gasteiger partial charge in [-0.25, -0.2) is 15.0 Å². The Balaban J connectivity index is 1.66. The topological polar surface area (TPSA) is 128 Å². The second-order valence-electron chi connectivity index (χ2n) is 8.96. The van der Waals surface area contributed by atoms with E-state index >= 15 is 0 Å². The lowest BCUT2D eigenvalue weighted by Gasteiger charge is -2.14. The Kier molecular flexibility index (Phi) is 7.11. The van der Waals surface area contributed by atoms with E-state index in [2.05, 4.69) is 41.5 Å². The molecule has 188 valence electrons. The zero-order chi connectivity index (χ0) is 25.8. The van der Waals surface area contributed by atoms with Crippen molar-refractivity contribution in [1.82, 2.24) is 19.5 Å². The van der Waals surface area contributed by atoms with E-state index in [-0.39, 0.29) is 12.6 Å². The number of hydrogen-bond acceptors (Lipinski definition) is 7. The first-order valence-corrected chi connectivity index (χ1v) is 12.5. The van der Waals surface area contributed by atoms with Gasteiger partial charge in [-0.3, -0.25) is 4.57 Å². The van der Waals surface area contributed by atoms with E-state index in [1.54, 1.807) is 6.20 Å². The summed E-state index contributed by atoms with van der Waals surface area (Å²) in [6.45, 7) is 2.69. The van der Waals surface area contributed by atoms with Gasteiger partial charge in [0.1, 0.15) is 11.3 Å². The fourth-order valence-corrected chi connectivity index (χ4v) is 4.49. The van der Waals surface area contributed by atoms with Gasteiger partial charge in [-0.05, 0) is 60.5 Å². The standard InChI is InChI=1S/C29H31N7O/c1-2-5-24(30)19-9-11-22(12-10-19)36-28(23-8-4-15-33-27(23)31)35-26-14-13-25(34-29(26)36)20-6-3-7-21(18-20)32-16-17-37/h3-4,6-15,18,24,32,37H,2,5,16-17,30H2,1H3,(H2,31,33). The molecule has 0 bridgehead atoms. The van der Waals surface area contributed by atoms with Crippen LogP contribution in [0.15, 0.2) is 79.0 Å². The van der Waals surface area contributed by atoms with Gasteiger partial charge in [0, 0.05) is 35.7 Å². The smallest absolute Gasteiger partial charge is 0.165 e. The number of anilines is 2. The average molecular weight is 494 g/mol. The number of rotatable bonds is 9. The van der Waals surface area contributed by atoms with Crippen molar-refractivity contribution in [3.63, 3.8) is 0 Å². The third-order valence-corrected chi connectivity index (χ3v) is 6.36. The molecule has 5 rings (SSSR count). The van der Waals surface area contributed by atoms with Crippen LogP contribution in [0.4, 0.5) is 11.5 Å². The number of aromatic nitrogens is 4. The minimum Gasteiger partial charge on any atom is -0.395 e. The summed E-state index contributed by atoms with van der Waals surface area (Å²) in [4.78, 5) is 14.2. The number of nitrogens with two attached hydrogens (primary N) is 2. The molecule has 0 fully saturated rings. The maximum absolute atomic E-state index is 9.16. The van der Waals surface area contributed by atoms with Gasteiger partial charge >= 0.3 is 0 Å². The highest BCUT2D eigenvalue weighted by molar-refractivity contribution is 5.84. The number of imidazole rings is 1. The van der Waals surface area contributed by atoms with Gasteiger partial charge in [-0.1, -0.05) is 37.6 Å².